The van der Waals surface area contributed by atoms with E-state index in [-0.39, 0.29) is 17.1 Å². The van der Waals surface area contributed by atoms with Crippen molar-refractivity contribution in [1.29, 1.82) is 0 Å². The Labute approximate surface area is 147 Å². The van der Waals surface area contributed by atoms with E-state index >= 15 is 0 Å². The number of hydrogen-bond acceptors (Lipinski definition) is 6. The maximum absolute atomic E-state index is 11.0. The zero-order valence-electron chi connectivity index (χ0n) is 15.0. The van der Waals surface area contributed by atoms with E-state index < -0.39 is 0 Å². The van der Waals surface area contributed by atoms with Crippen LogP contribution in [0.15, 0.2) is 29.1 Å². The number of methoxy groups -OCH3 is 2. The Kier molecular flexibility index (Phi) is 3.68. The van der Waals surface area contributed by atoms with Crippen molar-refractivity contribution in [2.45, 2.75) is 30.7 Å². The highest BCUT2D eigenvalue weighted by Gasteiger charge is 2.56. The van der Waals surface area contributed by atoms with Gasteiger partial charge < -0.3 is 25.3 Å². The standard InChI is InChI=1S/C19H25N3O3/c1-22-7-6-19-10-13(21-20)16(25-3)9-12(19)14(22)8-11-4-5-15(24-2)18(23)17(11)19/h4-5,9,12,14,23H,6-8,10,20H2,1-3H3/b21-13+/t12-,14+,19-/m0/s1. The van der Waals surface area contributed by atoms with E-state index in [0.29, 0.717) is 18.2 Å². The van der Waals surface area contributed by atoms with E-state index in [4.69, 9.17) is 15.3 Å². The van der Waals surface area contributed by atoms with Crippen LogP contribution >= 0.6 is 0 Å². The number of phenols is 1. The summed E-state index contributed by atoms with van der Waals surface area (Å²) in [4.78, 5) is 2.42. The summed E-state index contributed by atoms with van der Waals surface area (Å²) in [5.74, 6) is 7.46. The number of allylic oxidation sites excluding steroid dienone is 1. The van der Waals surface area contributed by atoms with Gasteiger partial charge in [0.05, 0.1) is 14.2 Å². The second-order valence-electron chi connectivity index (χ2n) is 7.32. The number of aromatic hydroxyl groups is 1. The van der Waals surface area contributed by atoms with Gasteiger partial charge in [-0.1, -0.05) is 6.07 Å². The van der Waals surface area contributed by atoms with E-state index in [0.717, 1.165) is 36.4 Å². The van der Waals surface area contributed by atoms with Gasteiger partial charge in [-0.05, 0) is 44.1 Å². The van der Waals surface area contributed by atoms with Gasteiger partial charge in [-0.15, -0.1) is 0 Å². The maximum Gasteiger partial charge on any atom is 0.161 e. The molecular weight excluding hydrogens is 318 g/mol. The molecule has 6 nitrogen and oxygen atoms in total. The van der Waals surface area contributed by atoms with Gasteiger partial charge in [-0.2, -0.15) is 5.10 Å². The molecule has 0 radical (unpaired) electrons. The fraction of sp³-hybridized carbons (Fsp3) is 0.526. The van der Waals surface area contributed by atoms with Gasteiger partial charge in [0.15, 0.2) is 11.5 Å². The van der Waals surface area contributed by atoms with Crippen LogP contribution in [0, 0.1) is 5.92 Å². The molecule has 1 aromatic carbocycles. The van der Waals surface area contributed by atoms with Crippen molar-refractivity contribution in [2.24, 2.45) is 16.9 Å². The highest BCUT2D eigenvalue weighted by molar-refractivity contribution is 6.00. The van der Waals surface area contributed by atoms with Crippen molar-refractivity contribution in [3.05, 3.63) is 35.1 Å². The lowest BCUT2D eigenvalue weighted by Gasteiger charge is -2.57. The predicted octanol–water partition coefficient (Wildman–Crippen LogP) is 1.76. The van der Waals surface area contributed by atoms with E-state index in [2.05, 4.69) is 29.2 Å². The summed E-state index contributed by atoms with van der Waals surface area (Å²) in [5.41, 5.74) is 2.74. The molecule has 134 valence electrons. The lowest BCUT2D eigenvalue weighted by atomic mass is 9.53. The third kappa shape index (κ3) is 2.10. The van der Waals surface area contributed by atoms with E-state index in [9.17, 15) is 5.11 Å². The van der Waals surface area contributed by atoms with Crippen LogP contribution in [0.3, 0.4) is 0 Å². The Balaban J connectivity index is 1.98. The lowest BCUT2D eigenvalue weighted by molar-refractivity contribution is 0.0526. The first-order valence-electron chi connectivity index (χ1n) is 8.68. The summed E-state index contributed by atoms with van der Waals surface area (Å²) in [6, 6.07) is 4.32. The summed E-state index contributed by atoms with van der Waals surface area (Å²) in [6.45, 7) is 0.977. The number of hydrazone groups is 1. The first-order chi connectivity index (χ1) is 12.1. The van der Waals surface area contributed by atoms with Gasteiger partial charge in [0, 0.05) is 29.4 Å². The van der Waals surface area contributed by atoms with Crippen LogP contribution in [0.5, 0.6) is 11.5 Å². The molecule has 3 aliphatic rings. The van der Waals surface area contributed by atoms with Crippen LogP contribution in [0.1, 0.15) is 24.0 Å². The monoisotopic (exact) mass is 343 g/mol. The zero-order valence-corrected chi connectivity index (χ0v) is 15.0. The number of nitrogens with two attached hydrogens (primary N) is 1. The second-order valence-corrected chi connectivity index (χ2v) is 7.32. The number of nitrogens with zero attached hydrogens (tertiary/aromatic N) is 2. The van der Waals surface area contributed by atoms with Gasteiger partial charge in [0.2, 0.25) is 0 Å². The SMILES string of the molecule is COC1=C[C@H]2[C@H]3Cc4ccc(OC)c(O)c4[C@@]2(CCN3C)C/C1=N\N. The molecule has 2 bridgehead atoms. The Morgan fingerprint density at radius 3 is 2.80 bits per heavy atom. The Morgan fingerprint density at radius 2 is 2.12 bits per heavy atom. The molecule has 3 atom stereocenters. The number of fused-ring (bicyclic) bond motifs is 1. The summed E-state index contributed by atoms with van der Waals surface area (Å²) >= 11 is 0. The number of rotatable bonds is 2. The first kappa shape index (κ1) is 16.3. The third-order valence-corrected chi connectivity index (χ3v) is 6.38. The Morgan fingerprint density at radius 1 is 1.32 bits per heavy atom. The van der Waals surface area contributed by atoms with Crippen molar-refractivity contribution in [2.75, 3.05) is 27.8 Å². The van der Waals surface area contributed by atoms with Crippen molar-refractivity contribution in [3.8, 4) is 11.5 Å². The number of piperidine rings is 1. The number of likely N-dealkylation sites (N-methyl/N-ethyl adjacent to an activating group) is 1. The molecule has 3 N–H and O–H groups in total. The largest absolute Gasteiger partial charge is 0.504 e. The van der Waals surface area contributed by atoms with Crippen LogP contribution in [0.25, 0.3) is 0 Å². The van der Waals surface area contributed by atoms with Crippen LogP contribution in [-0.4, -0.2) is 49.6 Å². The molecular formula is C19H25N3O3. The smallest absolute Gasteiger partial charge is 0.161 e. The molecule has 1 saturated heterocycles. The molecule has 6 heteroatoms. The van der Waals surface area contributed by atoms with Gasteiger partial charge in [0.25, 0.3) is 0 Å². The second kappa shape index (κ2) is 5.66. The molecule has 1 fully saturated rings. The normalized spacial score (nSPS) is 32.6. The number of ether oxygens (including phenoxy) is 2. The molecule has 25 heavy (non-hydrogen) atoms. The van der Waals surface area contributed by atoms with E-state index in [1.54, 1.807) is 14.2 Å². The van der Waals surface area contributed by atoms with Crippen LogP contribution in [0.4, 0.5) is 0 Å². The van der Waals surface area contributed by atoms with Crippen molar-refractivity contribution in [3.63, 3.8) is 0 Å². The molecule has 2 aliphatic carbocycles. The number of phenolic OH excluding ortho intramolecular Hbond substituents is 1. The molecule has 4 rings (SSSR count). The van der Waals surface area contributed by atoms with Crippen LogP contribution in [0.2, 0.25) is 0 Å². The highest BCUT2D eigenvalue weighted by Crippen LogP contribution is 2.57. The average molecular weight is 343 g/mol. The van der Waals surface area contributed by atoms with Gasteiger partial charge in [-0.3, -0.25) is 0 Å². The summed E-state index contributed by atoms with van der Waals surface area (Å²) < 4.78 is 10.9. The average Bonchev–Trinajstić information content (AvgIpc) is 2.63. The van der Waals surface area contributed by atoms with Gasteiger partial charge in [0.1, 0.15) is 11.5 Å². The molecule has 0 aromatic heterocycles. The maximum atomic E-state index is 11.0. The minimum absolute atomic E-state index is 0.219. The third-order valence-electron chi connectivity index (χ3n) is 6.38. The van der Waals surface area contributed by atoms with Crippen molar-refractivity contribution < 1.29 is 14.6 Å². The summed E-state index contributed by atoms with van der Waals surface area (Å²) in [5, 5.41) is 15.0. The van der Waals surface area contributed by atoms with Gasteiger partial charge in [-0.25, -0.2) is 0 Å². The molecule has 1 heterocycles. The molecule has 1 aliphatic heterocycles. The van der Waals surface area contributed by atoms with Gasteiger partial charge >= 0.3 is 0 Å². The fourth-order valence-electron chi connectivity index (χ4n) is 5.16. The minimum Gasteiger partial charge on any atom is -0.504 e. The van der Waals surface area contributed by atoms with Crippen molar-refractivity contribution >= 4 is 5.71 Å². The highest BCUT2D eigenvalue weighted by atomic mass is 16.5. The summed E-state index contributed by atoms with van der Waals surface area (Å²) in [7, 11) is 5.43. The molecule has 0 spiro atoms. The molecule has 0 saturated carbocycles. The predicted molar refractivity (Wildman–Crippen MR) is 95.9 cm³/mol. The fourth-order valence-corrected chi connectivity index (χ4v) is 5.16. The number of hydrogen-bond donors (Lipinski definition) is 2. The van der Waals surface area contributed by atoms with Crippen LogP contribution < -0.4 is 10.6 Å². The lowest BCUT2D eigenvalue weighted by Crippen LogP contribution is -2.60. The van der Waals surface area contributed by atoms with Crippen molar-refractivity contribution in [1.82, 2.24) is 4.90 Å². The topological polar surface area (TPSA) is 80.3 Å². The van der Waals surface area contributed by atoms with Crippen LogP contribution in [-0.2, 0) is 16.6 Å². The molecule has 0 unspecified atom stereocenters. The first-order valence-corrected chi connectivity index (χ1v) is 8.68. The molecule has 1 aromatic rings. The quantitative estimate of drug-likeness (QED) is 0.632. The Bertz CT molecular complexity index is 773. The van der Waals surface area contributed by atoms with E-state index in [1.807, 2.05) is 6.07 Å². The number of benzene rings is 1. The van der Waals surface area contributed by atoms with E-state index in [1.165, 1.54) is 5.56 Å². The minimum atomic E-state index is -0.219. The summed E-state index contributed by atoms with van der Waals surface area (Å²) in [6.07, 6.45) is 4.67. The Hall–Kier alpha value is -2.21. The zero-order chi connectivity index (χ0) is 17.8. The number of likely N-dealkylation sites (tertiary alicyclic amines) is 1. The molecule has 0 amide bonds.